The minimum Gasteiger partial charge on any atom is -0.444 e. The van der Waals surface area contributed by atoms with E-state index in [1.54, 1.807) is 10.9 Å². The fraction of sp³-hybridized carbons (Fsp3) is 0.267. The van der Waals surface area contributed by atoms with Crippen molar-refractivity contribution in [3.63, 3.8) is 0 Å². The minimum atomic E-state index is -0.543. The Kier molecular flexibility index (Phi) is 3.32. The van der Waals surface area contributed by atoms with Crippen LogP contribution in [-0.4, -0.2) is 31.4 Å². The van der Waals surface area contributed by atoms with Crippen molar-refractivity contribution < 1.29 is 9.53 Å². The monoisotopic (exact) mass is 299 g/mol. The average molecular weight is 299 g/mol. The number of rotatable bonds is 2. The Labute approximate surface area is 127 Å². The predicted octanol–water partition coefficient (Wildman–Crippen LogP) is 3.10. The molecule has 3 rings (SSSR count). The molecule has 0 fully saturated rings. The van der Waals surface area contributed by atoms with Crippen molar-refractivity contribution in [1.29, 1.82) is 0 Å². The Bertz CT molecular complexity index is 780. The largest absolute Gasteiger partial charge is 0.444 e. The number of aromatic nitrogens is 4. The van der Waals surface area contributed by atoms with Crippen LogP contribution in [0.2, 0.25) is 0 Å². The Hall–Kier alpha value is -2.83. The van der Waals surface area contributed by atoms with E-state index in [4.69, 9.17) is 4.74 Å². The van der Waals surface area contributed by atoms with Crippen LogP contribution in [0.4, 0.5) is 10.5 Å². The zero-order valence-electron chi connectivity index (χ0n) is 12.6. The lowest BCUT2D eigenvalue weighted by Gasteiger charge is -2.19. The molecule has 0 aliphatic heterocycles. The molecule has 0 aliphatic carbocycles. The molecule has 114 valence electrons. The van der Waals surface area contributed by atoms with Gasteiger partial charge in [-0.2, -0.15) is 5.10 Å². The Morgan fingerprint density at radius 3 is 2.82 bits per heavy atom. The standard InChI is InChI=1S/C15H17N5O2/c1-15(2,3)22-14(21)17-10-8-16-20(9-10)13-18-11-6-4-5-7-12(11)19-13/h4-9H,1-3H3,(H,17,21)(H,18,19). The first-order valence-corrected chi connectivity index (χ1v) is 6.90. The molecule has 0 saturated carbocycles. The van der Waals surface area contributed by atoms with Gasteiger partial charge in [-0.3, -0.25) is 5.32 Å². The van der Waals surface area contributed by atoms with Gasteiger partial charge in [-0.05, 0) is 32.9 Å². The Balaban J connectivity index is 1.77. The molecule has 1 amide bonds. The highest BCUT2D eigenvalue weighted by atomic mass is 16.6. The summed E-state index contributed by atoms with van der Waals surface area (Å²) >= 11 is 0. The maximum absolute atomic E-state index is 11.7. The van der Waals surface area contributed by atoms with Crippen molar-refractivity contribution in [2.24, 2.45) is 0 Å². The van der Waals surface area contributed by atoms with Crippen LogP contribution in [0.5, 0.6) is 0 Å². The summed E-state index contributed by atoms with van der Waals surface area (Å²) in [6, 6.07) is 7.71. The van der Waals surface area contributed by atoms with Crippen LogP contribution in [0.25, 0.3) is 17.0 Å². The van der Waals surface area contributed by atoms with Crippen molar-refractivity contribution in [3.8, 4) is 5.95 Å². The summed E-state index contributed by atoms with van der Waals surface area (Å²) in [6.07, 6.45) is 2.69. The first kappa shape index (κ1) is 14.1. The number of imidazole rings is 1. The van der Waals surface area contributed by atoms with E-state index in [9.17, 15) is 4.79 Å². The number of nitrogens with zero attached hydrogens (tertiary/aromatic N) is 3. The summed E-state index contributed by atoms with van der Waals surface area (Å²) in [5.41, 5.74) is 1.78. The molecule has 3 aromatic rings. The van der Waals surface area contributed by atoms with Crippen LogP contribution in [0.3, 0.4) is 0 Å². The average Bonchev–Trinajstić information content (AvgIpc) is 3.01. The molecule has 2 heterocycles. The van der Waals surface area contributed by atoms with E-state index >= 15 is 0 Å². The first-order valence-electron chi connectivity index (χ1n) is 6.90. The summed E-state index contributed by atoms with van der Waals surface area (Å²) in [6.45, 7) is 5.43. The number of hydrogen-bond acceptors (Lipinski definition) is 4. The maximum Gasteiger partial charge on any atom is 0.412 e. The molecule has 0 saturated heterocycles. The van der Waals surface area contributed by atoms with Gasteiger partial charge in [0.2, 0.25) is 5.95 Å². The number of amides is 1. The molecular formula is C15H17N5O2. The normalized spacial score (nSPS) is 11.6. The van der Waals surface area contributed by atoms with Gasteiger partial charge in [-0.25, -0.2) is 14.5 Å². The quantitative estimate of drug-likeness (QED) is 0.761. The van der Waals surface area contributed by atoms with Crippen LogP contribution in [0.1, 0.15) is 20.8 Å². The van der Waals surface area contributed by atoms with Gasteiger partial charge >= 0.3 is 6.09 Å². The molecule has 22 heavy (non-hydrogen) atoms. The highest BCUT2D eigenvalue weighted by Gasteiger charge is 2.17. The second-order valence-electron chi connectivity index (χ2n) is 5.88. The van der Waals surface area contributed by atoms with Crippen LogP contribution < -0.4 is 5.32 Å². The Morgan fingerprint density at radius 2 is 2.09 bits per heavy atom. The molecule has 0 aliphatic rings. The van der Waals surface area contributed by atoms with Gasteiger partial charge in [0.25, 0.3) is 0 Å². The predicted molar refractivity (Wildman–Crippen MR) is 83.1 cm³/mol. The van der Waals surface area contributed by atoms with Crippen molar-refractivity contribution >= 4 is 22.8 Å². The van der Waals surface area contributed by atoms with Crippen LogP contribution in [0, 0.1) is 0 Å². The van der Waals surface area contributed by atoms with E-state index in [2.05, 4.69) is 20.4 Å². The molecule has 0 atom stereocenters. The van der Waals surface area contributed by atoms with Gasteiger partial charge in [0, 0.05) is 0 Å². The molecule has 2 aromatic heterocycles. The summed E-state index contributed by atoms with van der Waals surface area (Å²) < 4.78 is 6.76. The molecule has 0 unspecified atom stereocenters. The summed E-state index contributed by atoms with van der Waals surface area (Å²) in [7, 11) is 0. The highest BCUT2D eigenvalue weighted by Crippen LogP contribution is 2.15. The van der Waals surface area contributed by atoms with Gasteiger partial charge in [-0.15, -0.1) is 0 Å². The summed E-state index contributed by atoms with van der Waals surface area (Å²) in [5, 5.41) is 6.82. The number of carbonyl (C=O) groups is 1. The SMILES string of the molecule is CC(C)(C)OC(=O)Nc1cnn(-c2nc3ccccc3[nH]2)c1. The third kappa shape index (κ3) is 3.08. The number of fused-ring (bicyclic) bond motifs is 1. The molecule has 0 radical (unpaired) electrons. The molecule has 0 spiro atoms. The lowest BCUT2D eigenvalue weighted by Crippen LogP contribution is -2.27. The van der Waals surface area contributed by atoms with E-state index in [0.717, 1.165) is 11.0 Å². The number of hydrogen-bond donors (Lipinski definition) is 2. The van der Waals surface area contributed by atoms with E-state index < -0.39 is 11.7 Å². The molecule has 7 nitrogen and oxygen atoms in total. The van der Waals surface area contributed by atoms with Gasteiger partial charge in [0.15, 0.2) is 0 Å². The molecule has 2 N–H and O–H groups in total. The second-order valence-corrected chi connectivity index (χ2v) is 5.88. The van der Waals surface area contributed by atoms with Crippen molar-refractivity contribution in [3.05, 3.63) is 36.7 Å². The third-order valence-corrected chi connectivity index (χ3v) is 2.82. The van der Waals surface area contributed by atoms with Crippen molar-refractivity contribution in [2.75, 3.05) is 5.32 Å². The molecule has 0 bridgehead atoms. The van der Waals surface area contributed by atoms with E-state index in [0.29, 0.717) is 11.6 Å². The fourth-order valence-electron chi connectivity index (χ4n) is 1.97. The highest BCUT2D eigenvalue weighted by molar-refractivity contribution is 5.84. The number of carbonyl (C=O) groups excluding carboxylic acids is 1. The number of para-hydroxylation sites is 2. The van der Waals surface area contributed by atoms with Crippen molar-refractivity contribution in [2.45, 2.75) is 26.4 Å². The van der Waals surface area contributed by atoms with E-state index in [1.807, 2.05) is 45.0 Å². The number of H-pyrrole nitrogens is 1. The molecular weight excluding hydrogens is 282 g/mol. The smallest absolute Gasteiger partial charge is 0.412 e. The maximum atomic E-state index is 11.7. The van der Waals surface area contributed by atoms with Crippen LogP contribution >= 0.6 is 0 Å². The van der Waals surface area contributed by atoms with Crippen LogP contribution in [0.15, 0.2) is 36.7 Å². The van der Waals surface area contributed by atoms with Gasteiger partial charge < -0.3 is 9.72 Å². The zero-order chi connectivity index (χ0) is 15.7. The van der Waals surface area contributed by atoms with Crippen LogP contribution in [-0.2, 0) is 4.74 Å². The van der Waals surface area contributed by atoms with Gasteiger partial charge in [0.05, 0.1) is 29.1 Å². The minimum absolute atomic E-state index is 0.517. The molecule has 1 aromatic carbocycles. The lowest BCUT2D eigenvalue weighted by atomic mass is 10.2. The molecule has 7 heteroatoms. The Morgan fingerprint density at radius 1 is 1.32 bits per heavy atom. The van der Waals surface area contributed by atoms with Gasteiger partial charge in [0.1, 0.15) is 5.60 Å². The van der Waals surface area contributed by atoms with Crippen molar-refractivity contribution in [1.82, 2.24) is 19.7 Å². The van der Waals surface area contributed by atoms with Gasteiger partial charge in [-0.1, -0.05) is 12.1 Å². The summed E-state index contributed by atoms with van der Waals surface area (Å²) in [5.74, 6) is 0.582. The number of anilines is 1. The number of ether oxygens (including phenoxy) is 1. The summed E-state index contributed by atoms with van der Waals surface area (Å²) in [4.78, 5) is 19.3. The first-order chi connectivity index (χ1) is 10.4. The topological polar surface area (TPSA) is 84.8 Å². The van der Waals surface area contributed by atoms with E-state index in [-0.39, 0.29) is 0 Å². The lowest BCUT2D eigenvalue weighted by molar-refractivity contribution is 0.0636. The number of benzene rings is 1. The second kappa shape index (κ2) is 5.18. The fourth-order valence-corrected chi connectivity index (χ4v) is 1.97. The number of aromatic amines is 1. The zero-order valence-corrected chi connectivity index (χ0v) is 12.6. The number of nitrogens with one attached hydrogen (secondary N) is 2. The van der Waals surface area contributed by atoms with E-state index in [1.165, 1.54) is 6.20 Å². The third-order valence-electron chi connectivity index (χ3n) is 2.82.